The van der Waals surface area contributed by atoms with E-state index in [0.29, 0.717) is 12.1 Å². The minimum absolute atomic E-state index is 0.387. The Morgan fingerprint density at radius 1 is 1.25 bits per heavy atom. The molecule has 1 aliphatic carbocycles. The lowest BCUT2D eigenvalue weighted by Gasteiger charge is -2.29. The average molecular weight is 272 g/mol. The van der Waals surface area contributed by atoms with Gasteiger partial charge in [-0.05, 0) is 57.2 Å². The van der Waals surface area contributed by atoms with Crippen LogP contribution in [0.1, 0.15) is 45.1 Å². The number of benzene rings is 1. The Hall–Kier alpha value is -1.53. The van der Waals surface area contributed by atoms with E-state index in [4.69, 9.17) is 10.00 Å². The molecule has 3 heteroatoms. The van der Waals surface area contributed by atoms with Crippen molar-refractivity contribution in [3.8, 4) is 6.07 Å². The van der Waals surface area contributed by atoms with Gasteiger partial charge in [0.25, 0.3) is 0 Å². The van der Waals surface area contributed by atoms with Crippen LogP contribution in [-0.2, 0) is 10.2 Å². The third-order valence-corrected chi connectivity index (χ3v) is 4.22. The lowest BCUT2D eigenvalue weighted by molar-refractivity contribution is 0.0669. The summed E-state index contributed by atoms with van der Waals surface area (Å²) < 4.78 is 5.46. The Morgan fingerprint density at radius 2 is 1.95 bits per heavy atom. The van der Waals surface area contributed by atoms with Crippen molar-refractivity contribution in [1.82, 2.24) is 0 Å². The molecule has 108 valence electrons. The van der Waals surface area contributed by atoms with Crippen LogP contribution in [0, 0.1) is 11.3 Å². The second kappa shape index (κ2) is 6.28. The molecule has 0 heterocycles. The van der Waals surface area contributed by atoms with Gasteiger partial charge in [-0.15, -0.1) is 0 Å². The fourth-order valence-corrected chi connectivity index (χ4v) is 2.77. The molecule has 1 aliphatic rings. The van der Waals surface area contributed by atoms with Gasteiger partial charge in [-0.25, -0.2) is 0 Å². The van der Waals surface area contributed by atoms with E-state index in [0.717, 1.165) is 17.7 Å². The van der Waals surface area contributed by atoms with Crippen LogP contribution in [0.3, 0.4) is 0 Å². The van der Waals surface area contributed by atoms with Gasteiger partial charge in [0.15, 0.2) is 0 Å². The molecule has 20 heavy (non-hydrogen) atoms. The van der Waals surface area contributed by atoms with E-state index in [1.165, 1.54) is 19.3 Å². The van der Waals surface area contributed by atoms with Crippen molar-refractivity contribution >= 4 is 5.69 Å². The predicted molar refractivity (Wildman–Crippen MR) is 81.8 cm³/mol. The number of hydrogen-bond acceptors (Lipinski definition) is 3. The van der Waals surface area contributed by atoms with E-state index in [1.807, 2.05) is 26.0 Å². The maximum Gasteiger partial charge on any atom is 0.0766 e. The van der Waals surface area contributed by atoms with Crippen LogP contribution in [0.5, 0.6) is 0 Å². The minimum Gasteiger partial charge on any atom is -0.382 e. The van der Waals surface area contributed by atoms with Crippen LogP contribution in [0.25, 0.3) is 0 Å². The van der Waals surface area contributed by atoms with E-state index >= 15 is 0 Å². The molecule has 0 aromatic heterocycles. The lowest BCUT2D eigenvalue weighted by Crippen LogP contribution is -2.31. The number of rotatable bonds is 4. The Balaban J connectivity index is 1.99. The molecule has 0 saturated heterocycles. The number of methoxy groups -OCH3 is 1. The van der Waals surface area contributed by atoms with Crippen molar-refractivity contribution in [3.05, 3.63) is 29.8 Å². The van der Waals surface area contributed by atoms with Crippen LogP contribution in [0.15, 0.2) is 24.3 Å². The van der Waals surface area contributed by atoms with Crippen molar-refractivity contribution < 1.29 is 4.74 Å². The summed E-state index contributed by atoms with van der Waals surface area (Å²) in [5, 5.41) is 12.7. The third-order valence-electron chi connectivity index (χ3n) is 4.22. The fourth-order valence-electron chi connectivity index (χ4n) is 2.77. The summed E-state index contributed by atoms with van der Waals surface area (Å²) in [7, 11) is 1.80. The largest absolute Gasteiger partial charge is 0.382 e. The SMILES string of the molecule is COC1CCCC(Nc2ccc(C(C)(C)C#N)cc2)C1. The Morgan fingerprint density at radius 3 is 2.55 bits per heavy atom. The van der Waals surface area contributed by atoms with Gasteiger partial charge in [0.05, 0.1) is 17.6 Å². The molecule has 1 saturated carbocycles. The first-order valence-corrected chi connectivity index (χ1v) is 7.36. The van der Waals surface area contributed by atoms with Gasteiger partial charge < -0.3 is 10.1 Å². The van der Waals surface area contributed by atoms with Gasteiger partial charge >= 0.3 is 0 Å². The highest BCUT2D eigenvalue weighted by atomic mass is 16.5. The van der Waals surface area contributed by atoms with Gasteiger partial charge in [0, 0.05) is 18.8 Å². The van der Waals surface area contributed by atoms with E-state index in [1.54, 1.807) is 7.11 Å². The lowest BCUT2D eigenvalue weighted by atomic mass is 9.86. The molecule has 2 rings (SSSR count). The van der Waals surface area contributed by atoms with E-state index < -0.39 is 5.41 Å². The molecule has 0 spiro atoms. The molecule has 1 aromatic carbocycles. The van der Waals surface area contributed by atoms with Crippen molar-refractivity contribution in [2.24, 2.45) is 0 Å². The van der Waals surface area contributed by atoms with Crippen LogP contribution < -0.4 is 5.32 Å². The van der Waals surface area contributed by atoms with Crippen molar-refractivity contribution in [2.75, 3.05) is 12.4 Å². The molecule has 1 N–H and O–H groups in total. The van der Waals surface area contributed by atoms with Crippen LogP contribution in [-0.4, -0.2) is 19.3 Å². The topological polar surface area (TPSA) is 45.0 Å². The zero-order valence-electron chi connectivity index (χ0n) is 12.6. The summed E-state index contributed by atoms with van der Waals surface area (Å²) in [4.78, 5) is 0. The third kappa shape index (κ3) is 3.52. The Labute approximate surface area is 121 Å². The maximum atomic E-state index is 9.15. The van der Waals surface area contributed by atoms with Gasteiger partial charge in [0.1, 0.15) is 0 Å². The van der Waals surface area contributed by atoms with Gasteiger partial charge in [0.2, 0.25) is 0 Å². The summed E-state index contributed by atoms with van der Waals surface area (Å²) >= 11 is 0. The molecular weight excluding hydrogens is 248 g/mol. The summed E-state index contributed by atoms with van der Waals surface area (Å²) in [6.45, 7) is 3.89. The first kappa shape index (κ1) is 14.9. The van der Waals surface area contributed by atoms with E-state index in [2.05, 4.69) is 23.5 Å². The minimum atomic E-state index is -0.426. The highest BCUT2D eigenvalue weighted by molar-refractivity contribution is 5.47. The van der Waals surface area contributed by atoms with Crippen LogP contribution >= 0.6 is 0 Å². The quantitative estimate of drug-likeness (QED) is 0.905. The second-order valence-electron chi connectivity index (χ2n) is 6.18. The predicted octanol–water partition coefficient (Wildman–Crippen LogP) is 3.86. The molecule has 0 amide bonds. The zero-order valence-corrected chi connectivity index (χ0v) is 12.6. The number of ether oxygens (including phenoxy) is 1. The molecule has 2 unspecified atom stereocenters. The van der Waals surface area contributed by atoms with Crippen LogP contribution in [0.2, 0.25) is 0 Å². The second-order valence-corrected chi connectivity index (χ2v) is 6.18. The first-order chi connectivity index (χ1) is 9.55. The summed E-state index contributed by atoms with van der Waals surface area (Å²) in [6.07, 6.45) is 5.05. The molecular formula is C17H24N2O. The van der Waals surface area contributed by atoms with Gasteiger partial charge in [-0.1, -0.05) is 12.1 Å². The number of nitrogens with zero attached hydrogens (tertiary/aromatic N) is 1. The van der Waals surface area contributed by atoms with E-state index in [9.17, 15) is 0 Å². The number of nitriles is 1. The van der Waals surface area contributed by atoms with Gasteiger partial charge in [-0.3, -0.25) is 0 Å². The van der Waals surface area contributed by atoms with Crippen LogP contribution in [0.4, 0.5) is 5.69 Å². The Kier molecular flexibility index (Phi) is 4.67. The van der Waals surface area contributed by atoms with Crippen molar-refractivity contribution in [2.45, 2.75) is 57.1 Å². The van der Waals surface area contributed by atoms with Gasteiger partial charge in [-0.2, -0.15) is 5.26 Å². The maximum absolute atomic E-state index is 9.15. The molecule has 1 fully saturated rings. The monoisotopic (exact) mass is 272 g/mol. The summed E-state index contributed by atoms with van der Waals surface area (Å²) in [6, 6.07) is 11.1. The number of hydrogen-bond donors (Lipinski definition) is 1. The molecule has 3 nitrogen and oxygen atoms in total. The fraction of sp³-hybridized carbons (Fsp3) is 0.588. The average Bonchev–Trinajstić information content (AvgIpc) is 2.48. The standard InChI is InChI=1S/C17H24N2O/c1-17(2,12-18)13-7-9-14(10-8-13)19-15-5-4-6-16(11-15)20-3/h7-10,15-16,19H,4-6,11H2,1-3H3. The molecule has 2 atom stereocenters. The molecule has 0 bridgehead atoms. The molecule has 0 radical (unpaired) electrons. The molecule has 1 aromatic rings. The summed E-state index contributed by atoms with van der Waals surface area (Å²) in [5.41, 5.74) is 1.76. The highest BCUT2D eigenvalue weighted by Gasteiger charge is 2.22. The van der Waals surface area contributed by atoms with E-state index in [-0.39, 0.29) is 0 Å². The number of anilines is 1. The van der Waals surface area contributed by atoms with Crippen molar-refractivity contribution in [1.29, 1.82) is 5.26 Å². The summed E-state index contributed by atoms with van der Waals surface area (Å²) in [5.74, 6) is 0. The number of nitrogens with one attached hydrogen (secondary N) is 1. The zero-order chi connectivity index (χ0) is 14.6. The Bertz CT molecular complexity index is 473. The normalized spacial score (nSPS) is 23.1. The highest BCUT2D eigenvalue weighted by Crippen LogP contribution is 2.26. The molecule has 0 aliphatic heterocycles. The smallest absolute Gasteiger partial charge is 0.0766 e. The van der Waals surface area contributed by atoms with Crippen molar-refractivity contribution in [3.63, 3.8) is 0 Å². The first-order valence-electron chi connectivity index (χ1n) is 7.36.